The van der Waals surface area contributed by atoms with Crippen molar-refractivity contribution in [2.75, 3.05) is 13.7 Å². The summed E-state index contributed by atoms with van der Waals surface area (Å²) in [6, 6.07) is 4.45. The predicted octanol–water partition coefficient (Wildman–Crippen LogP) is -1.72. The second-order valence-corrected chi connectivity index (χ2v) is 5.89. The topological polar surface area (TPSA) is 178 Å². The van der Waals surface area contributed by atoms with E-state index in [1.54, 1.807) is 31.2 Å². The lowest BCUT2D eigenvalue weighted by atomic mass is 10.1. The third-order valence-corrected chi connectivity index (χ3v) is 3.74. The fourth-order valence-corrected chi connectivity index (χ4v) is 2.10. The zero-order valence-corrected chi connectivity index (χ0v) is 15.8. The number of ether oxygens (including phenoxy) is 1. The molecule has 0 spiro atoms. The third kappa shape index (κ3) is 7.91. The lowest BCUT2D eigenvalue weighted by molar-refractivity contribution is -0.126. The lowest BCUT2D eigenvalue weighted by Gasteiger charge is -2.16. The number of nitrogens with one attached hydrogen (secondary N) is 4. The molecule has 0 aliphatic heterocycles. The summed E-state index contributed by atoms with van der Waals surface area (Å²) >= 11 is 0. The summed E-state index contributed by atoms with van der Waals surface area (Å²) in [5.74, 6) is -1.30. The van der Waals surface area contributed by atoms with E-state index < -0.39 is 42.4 Å². The van der Waals surface area contributed by atoms with Gasteiger partial charge in [0.2, 0.25) is 11.8 Å². The molecule has 11 heteroatoms. The molecular formula is C17H26N6O5. The molecule has 0 aliphatic carbocycles. The van der Waals surface area contributed by atoms with E-state index in [2.05, 4.69) is 21.5 Å². The van der Waals surface area contributed by atoms with Gasteiger partial charge in [-0.3, -0.25) is 19.8 Å². The van der Waals surface area contributed by atoms with Gasteiger partial charge in [0.15, 0.2) is 0 Å². The largest absolute Gasteiger partial charge is 0.497 e. The Labute approximate surface area is 162 Å². The molecule has 154 valence electrons. The quantitative estimate of drug-likeness (QED) is 0.271. The van der Waals surface area contributed by atoms with Gasteiger partial charge in [0, 0.05) is 6.42 Å². The van der Waals surface area contributed by atoms with Crippen LogP contribution in [0, 0.1) is 0 Å². The summed E-state index contributed by atoms with van der Waals surface area (Å²) in [5.41, 5.74) is 15.8. The highest BCUT2D eigenvalue weighted by molar-refractivity contribution is 5.90. The van der Waals surface area contributed by atoms with Gasteiger partial charge in [-0.05, 0) is 24.1 Å². The number of methoxy groups -OCH3 is 1. The van der Waals surface area contributed by atoms with E-state index in [1.807, 2.05) is 0 Å². The Balaban J connectivity index is 2.48. The lowest BCUT2D eigenvalue weighted by Crippen LogP contribution is -2.54. The maximum Gasteiger partial charge on any atom is 0.333 e. The highest BCUT2D eigenvalue weighted by atomic mass is 16.5. The zero-order chi connectivity index (χ0) is 21.1. The predicted molar refractivity (Wildman–Crippen MR) is 101 cm³/mol. The first-order valence-electron chi connectivity index (χ1n) is 8.57. The Hall–Kier alpha value is -3.34. The van der Waals surface area contributed by atoms with Crippen LogP contribution in [0.4, 0.5) is 4.79 Å². The standard InChI is InChI=1S/C17H26N6O5/c1-3-12(18)16(26)22-23-17(27)20-9-14(24)21-13(15(19)25)8-10-5-4-6-11(7-10)28-2/h4-7,12-13H,3,8-9,18H2,1-2H3,(H2,19,25)(H,21,24)(H,22,26)(H2,20,23,27)/t12-,13-/m0/s1. The van der Waals surface area contributed by atoms with Crippen molar-refractivity contribution < 1.29 is 23.9 Å². The second kappa shape index (κ2) is 11.4. The average Bonchev–Trinajstić information content (AvgIpc) is 2.69. The van der Waals surface area contributed by atoms with Crippen LogP contribution in [0.15, 0.2) is 24.3 Å². The fraction of sp³-hybridized carbons (Fsp3) is 0.412. The molecule has 1 aromatic rings. The first kappa shape index (κ1) is 22.7. The van der Waals surface area contributed by atoms with Crippen LogP contribution in [-0.4, -0.2) is 49.5 Å². The molecule has 0 aliphatic rings. The first-order chi connectivity index (χ1) is 13.3. The molecule has 8 N–H and O–H groups in total. The fourth-order valence-electron chi connectivity index (χ4n) is 2.10. The molecule has 0 bridgehead atoms. The molecule has 0 unspecified atom stereocenters. The number of primary amides is 1. The summed E-state index contributed by atoms with van der Waals surface area (Å²) in [5, 5.41) is 4.68. The van der Waals surface area contributed by atoms with Crippen LogP contribution >= 0.6 is 0 Å². The highest BCUT2D eigenvalue weighted by Gasteiger charge is 2.19. The van der Waals surface area contributed by atoms with E-state index in [9.17, 15) is 19.2 Å². The third-order valence-electron chi connectivity index (χ3n) is 3.74. The summed E-state index contributed by atoms with van der Waals surface area (Å²) in [7, 11) is 1.52. The summed E-state index contributed by atoms with van der Waals surface area (Å²) < 4.78 is 5.11. The van der Waals surface area contributed by atoms with Crippen LogP contribution in [0.25, 0.3) is 0 Å². The molecule has 0 saturated heterocycles. The number of hydrogen-bond donors (Lipinski definition) is 6. The molecule has 1 rings (SSSR count). The van der Waals surface area contributed by atoms with E-state index in [0.717, 1.165) is 5.56 Å². The van der Waals surface area contributed by atoms with Crippen LogP contribution in [0.1, 0.15) is 18.9 Å². The number of hydrazine groups is 1. The number of urea groups is 1. The number of carbonyl (C=O) groups excluding carboxylic acids is 4. The van der Waals surface area contributed by atoms with Gasteiger partial charge in [-0.2, -0.15) is 0 Å². The molecule has 0 heterocycles. The molecule has 0 saturated carbocycles. The van der Waals surface area contributed by atoms with E-state index in [-0.39, 0.29) is 6.42 Å². The van der Waals surface area contributed by atoms with Crippen molar-refractivity contribution in [3.63, 3.8) is 0 Å². The number of carbonyl (C=O) groups is 4. The van der Waals surface area contributed by atoms with Crippen LogP contribution in [0.5, 0.6) is 5.75 Å². The first-order valence-corrected chi connectivity index (χ1v) is 8.57. The molecule has 11 nitrogen and oxygen atoms in total. The van der Waals surface area contributed by atoms with E-state index in [1.165, 1.54) is 7.11 Å². The number of benzene rings is 1. The molecule has 5 amide bonds. The van der Waals surface area contributed by atoms with Crippen molar-refractivity contribution in [1.82, 2.24) is 21.5 Å². The van der Waals surface area contributed by atoms with Crippen molar-refractivity contribution in [3.8, 4) is 5.75 Å². The van der Waals surface area contributed by atoms with E-state index in [0.29, 0.717) is 12.2 Å². The Morgan fingerprint density at radius 1 is 1.18 bits per heavy atom. The smallest absolute Gasteiger partial charge is 0.333 e. The Kier molecular flexibility index (Phi) is 9.23. The molecule has 0 aromatic heterocycles. The number of amides is 5. The Bertz CT molecular complexity index is 711. The minimum absolute atomic E-state index is 0.162. The van der Waals surface area contributed by atoms with Crippen molar-refractivity contribution >= 4 is 23.8 Å². The van der Waals surface area contributed by atoms with Crippen LogP contribution in [0.2, 0.25) is 0 Å². The van der Waals surface area contributed by atoms with E-state index >= 15 is 0 Å². The minimum Gasteiger partial charge on any atom is -0.497 e. The molecule has 2 atom stereocenters. The van der Waals surface area contributed by atoms with Crippen molar-refractivity contribution in [2.45, 2.75) is 31.8 Å². The number of rotatable bonds is 9. The Morgan fingerprint density at radius 2 is 1.89 bits per heavy atom. The highest BCUT2D eigenvalue weighted by Crippen LogP contribution is 2.14. The van der Waals surface area contributed by atoms with Crippen LogP contribution in [0.3, 0.4) is 0 Å². The van der Waals surface area contributed by atoms with Crippen LogP contribution in [-0.2, 0) is 20.8 Å². The minimum atomic E-state index is -0.966. The average molecular weight is 394 g/mol. The van der Waals surface area contributed by atoms with Gasteiger partial charge in [-0.25, -0.2) is 10.2 Å². The maximum atomic E-state index is 12.0. The van der Waals surface area contributed by atoms with Crippen molar-refractivity contribution in [1.29, 1.82) is 0 Å². The second-order valence-electron chi connectivity index (χ2n) is 5.89. The molecule has 28 heavy (non-hydrogen) atoms. The SMILES string of the molecule is CC[C@H](N)C(=O)NNC(=O)NCC(=O)N[C@@H](Cc1cccc(OC)c1)C(N)=O. The maximum absolute atomic E-state index is 12.0. The van der Waals surface area contributed by atoms with Gasteiger partial charge in [0.05, 0.1) is 19.7 Å². The summed E-state index contributed by atoms with van der Waals surface area (Å²) in [4.78, 5) is 46.6. The molecule has 0 radical (unpaired) electrons. The van der Waals surface area contributed by atoms with Crippen molar-refractivity contribution in [2.24, 2.45) is 11.5 Å². The summed E-state index contributed by atoms with van der Waals surface area (Å²) in [6.07, 6.45) is 0.564. The molecule has 1 aromatic carbocycles. The van der Waals surface area contributed by atoms with Gasteiger partial charge < -0.3 is 26.8 Å². The van der Waals surface area contributed by atoms with Gasteiger partial charge in [0.1, 0.15) is 11.8 Å². The monoisotopic (exact) mass is 394 g/mol. The molecule has 0 fully saturated rings. The van der Waals surface area contributed by atoms with Gasteiger partial charge in [-0.15, -0.1) is 0 Å². The normalized spacial score (nSPS) is 12.2. The summed E-state index contributed by atoms with van der Waals surface area (Å²) in [6.45, 7) is 1.29. The van der Waals surface area contributed by atoms with Gasteiger partial charge in [-0.1, -0.05) is 19.1 Å². The Morgan fingerprint density at radius 3 is 2.50 bits per heavy atom. The zero-order valence-electron chi connectivity index (χ0n) is 15.8. The van der Waals surface area contributed by atoms with Gasteiger partial charge >= 0.3 is 6.03 Å². The van der Waals surface area contributed by atoms with Gasteiger partial charge in [0.25, 0.3) is 5.91 Å². The number of nitrogens with two attached hydrogens (primary N) is 2. The van der Waals surface area contributed by atoms with E-state index in [4.69, 9.17) is 16.2 Å². The molecular weight excluding hydrogens is 368 g/mol. The van der Waals surface area contributed by atoms with Crippen molar-refractivity contribution in [3.05, 3.63) is 29.8 Å². The van der Waals surface area contributed by atoms with Crippen LogP contribution < -0.4 is 37.7 Å². The number of hydrogen-bond acceptors (Lipinski definition) is 6.